The highest BCUT2D eigenvalue weighted by molar-refractivity contribution is 7.89. The van der Waals surface area contributed by atoms with Crippen molar-refractivity contribution in [3.05, 3.63) is 70.3 Å². The summed E-state index contributed by atoms with van der Waals surface area (Å²) in [5.41, 5.74) is -1.67. The average Bonchev–Trinajstić information content (AvgIpc) is 3.01. The number of nitro benzene ring substituents is 1. The number of hydrogen-bond acceptors (Lipinski definition) is 15. The summed E-state index contributed by atoms with van der Waals surface area (Å²) in [6.07, 6.45) is -9.72. The predicted molar refractivity (Wildman–Crippen MR) is 174 cm³/mol. The molecule has 0 aromatic heterocycles. The minimum absolute atomic E-state index is 0.404. The van der Waals surface area contributed by atoms with Crippen molar-refractivity contribution in [1.82, 2.24) is 4.31 Å². The number of para-hydroxylation sites is 1. The van der Waals surface area contributed by atoms with Gasteiger partial charge in [-0.25, -0.2) is 8.42 Å². The van der Waals surface area contributed by atoms with Crippen molar-refractivity contribution in [3.8, 4) is 0 Å². The summed E-state index contributed by atoms with van der Waals surface area (Å²) in [5, 5.41) is 12.2. The number of esters is 5. The summed E-state index contributed by atoms with van der Waals surface area (Å²) in [6, 6.07) is 10.5. The van der Waals surface area contributed by atoms with E-state index >= 15 is 0 Å². The first-order valence-corrected chi connectivity index (χ1v) is 17.0. The van der Waals surface area contributed by atoms with Crippen LogP contribution in [0.25, 0.3) is 0 Å². The maximum atomic E-state index is 15.0. The standard InChI is InChI=1S/C33H40N2O15S/c1-19(36)45-18-26-28(46-20(2)37)29(47-21(3)38)30(48-22(4)39)31(49-26)34(51(43,44)27-16-12-11-15-24(27)35(41)42)25(32(40)50-33(5,6)7)17-23-13-9-8-10-14-23/h8-16,25-26,28-31H,17-18H2,1-7H3/t25-,26+,28+,29-,30+,31-/m0/s1. The van der Waals surface area contributed by atoms with Crippen LogP contribution in [0.4, 0.5) is 5.69 Å². The van der Waals surface area contributed by atoms with Gasteiger partial charge in [-0.15, -0.1) is 0 Å². The fourth-order valence-electron chi connectivity index (χ4n) is 5.32. The summed E-state index contributed by atoms with van der Waals surface area (Å²) in [5.74, 6) is -4.95. The molecular weight excluding hydrogens is 696 g/mol. The van der Waals surface area contributed by atoms with Crippen molar-refractivity contribution < 1.29 is 65.7 Å². The lowest BCUT2D eigenvalue weighted by Gasteiger charge is -2.48. The zero-order chi connectivity index (χ0) is 38.3. The number of nitro groups is 1. The molecule has 278 valence electrons. The minimum Gasteiger partial charge on any atom is -0.463 e. The van der Waals surface area contributed by atoms with Crippen LogP contribution in [-0.2, 0) is 68.8 Å². The maximum Gasteiger partial charge on any atom is 0.325 e. The van der Waals surface area contributed by atoms with Crippen LogP contribution in [0.2, 0.25) is 0 Å². The summed E-state index contributed by atoms with van der Waals surface area (Å²) < 4.78 is 63.8. The second kappa shape index (κ2) is 16.8. The van der Waals surface area contributed by atoms with E-state index in [4.69, 9.17) is 28.4 Å². The van der Waals surface area contributed by atoms with E-state index in [0.29, 0.717) is 9.87 Å². The quantitative estimate of drug-likeness (QED) is 0.125. The molecule has 2 aromatic carbocycles. The molecule has 18 heteroatoms. The molecule has 17 nitrogen and oxygen atoms in total. The molecule has 2 aromatic rings. The van der Waals surface area contributed by atoms with Gasteiger partial charge in [0.05, 0.1) is 4.92 Å². The van der Waals surface area contributed by atoms with Gasteiger partial charge in [-0.2, -0.15) is 4.31 Å². The Morgan fingerprint density at radius 2 is 1.35 bits per heavy atom. The number of ether oxygens (including phenoxy) is 6. The molecule has 1 saturated heterocycles. The highest BCUT2D eigenvalue weighted by Gasteiger charge is 2.58. The van der Waals surface area contributed by atoms with E-state index in [9.17, 15) is 42.5 Å². The van der Waals surface area contributed by atoms with E-state index in [1.165, 1.54) is 32.9 Å². The number of sulfonamides is 1. The van der Waals surface area contributed by atoms with Crippen molar-refractivity contribution >= 4 is 45.6 Å². The van der Waals surface area contributed by atoms with Gasteiger partial charge < -0.3 is 28.4 Å². The van der Waals surface area contributed by atoms with Crippen LogP contribution in [0.3, 0.4) is 0 Å². The van der Waals surface area contributed by atoms with Crippen LogP contribution < -0.4 is 0 Å². The molecule has 1 aliphatic heterocycles. The van der Waals surface area contributed by atoms with E-state index in [2.05, 4.69) is 0 Å². The lowest BCUT2D eigenvalue weighted by atomic mass is 9.96. The fourth-order valence-corrected chi connectivity index (χ4v) is 7.14. The van der Waals surface area contributed by atoms with E-state index < -0.39 is 111 Å². The van der Waals surface area contributed by atoms with Gasteiger partial charge in [0.15, 0.2) is 29.4 Å². The van der Waals surface area contributed by atoms with Crippen LogP contribution in [0, 0.1) is 10.1 Å². The monoisotopic (exact) mass is 736 g/mol. The van der Waals surface area contributed by atoms with Gasteiger partial charge >= 0.3 is 29.8 Å². The molecule has 1 fully saturated rings. The Balaban J connectivity index is 2.47. The number of nitrogens with zero attached hydrogens (tertiary/aromatic N) is 2. The Morgan fingerprint density at radius 3 is 1.88 bits per heavy atom. The molecule has 0 amide bonds. The Morgan fingerprint density at radius 1 is 0.824 bits per heavy atom. The molecule has 1 heterocycles. The molecule has 0 radical (unpaired) electrons. The molecule has 0 bridgehead atoms. The fraction of sp³-hybridized carbons (Fsp3) is 0.485. The Labute approximate surface area is 294 Å². The molecule has 0 saturated carbocycles. The van der Waals surface area contributed by atoms with Crippen molar-refractivity contribution in [2.24, 2.45) is 0 Å². The van der Waals surface area contributed by atoms with Crippen LogP contribution in [0.5, 0.6) is 0 Å². The maximum absolute atomic E-state index is 15.0. The van der Waals surface area contributed by atoms with E-state index in [0.717, 1.165) is 39.8 Å². The molecule has 6 atom stereocenters. The summed E-state index contributed by atoms with van der Waals surface area (Å²) in [4.78, 5) is 73.8. The Kier molecular flexibility index (Phi) is 13.4. The third-order valence-electron chi connectivity index (χ3n) is 7.09. The second-order valence-corrected chi connectivity index (χ2v) is 14.2. The first-order chi connectivity index (χ1) is 23.7. The second-order valence-electron chi connectivity index (χ2n) is 12.4. The van der Waals surface area contributed by atoms with Gasteiger partial charge in [0.1, 0.15) is 24.4 Å². The predicted octanol–water partition coefficient (Wildman–Crippen LogP) is 2.62. The smallest absolute Gasteiger partial charge is 0.325 e. The first-order valence-electron chi connectivity index (χ1n) is 15.6. The van der Waals surface area contributed by atoms with Gasteiger partial charge in [0.2, 0.25) is 0 Å². The third kappa shape index (κ3) is 10.8. The number of benzene rings is 2. The van der Waals surface area contributed by atoms with Crippen molar-refractivity contribution in [2.75, 3.05) is 6.61 Å². The van der Waals surface area contributed by atoms with Gasteiger partial charge in [-0.05, 0) is 38.8 Å². The van der Waals surface area contributed by atoms with Crippen molar-refractivity contribution in [2.45, 2.75) is 102 Å². The highest BCUT2D eigenvalue weighted by atomic mass is 32.2. The van der Waals surface area contributed by atoms with E-state index in [1.807, 2.05) is 0 Å². The van der Waals surface area contributed by atoms with Gasteiger partial charge in [-0.1, -0.05) is 42.5 Å². The lowest BCUT2D eigenvalue weighted by molar-refractivity contribution is -0.387. The Bertz CT molecular complexity index is 1720. The van der Waals surface area contributed by atoms with Gasteiger partial charge in [-0.3, -0.25) is 34.1 Å². The van der Waals surface area contributed by atoms with Crippen molar-refractivity contribution in [3.63, 3.8) is 0 Å². The molecule has 3 rings (SSSR count). The zero-order valence-corrected chi connectivity index (χ0v) is 29.8. The third-order valence-corrected chi connectivity index (χ3v) is 9.01. The van der Waals surface area contributed by atoms with Crippen LogP contribution >= 0.6 is 0 Å². The van der Waals surface area contributed by atoms with Gasteiger partial charge in [0, 0.05) is 33.8 Å². The highest BCUT2D eigenvalue weighted by Crippen LogP contribution is 2.38. The molecular formula is C33H40N2O15S. The van der Waals surface area contributed by atoms with E-state index in [1.54, 1.807) is 30.3 Å². The van der Waals surface area contributed by atoms with Gasteiger partial charge in [0.25, 0.3) is 15.7 Å². The number of carbonyl (C=O) groups excluding carboxylic acids is 5. The number of hydrogen-bond donors (Lipinski definition) is 0. The van der Waals surface area contributed by atoms with Crippen LogP contribution in [-0.4, -0.2) is 96.4 Å². The molecule has 0 unspecified atom stereocenters. The largest absolute Gasteiger partial charge is 0.463 e. The van der Waals surface area contributed by atoms with E-state index in [-0.39, 0.29) is 0 Å². The van der Waals surface area contributed by atoms with Crippen molar-refractivity contribution in [1.29, 1.82) is 0 Å². The first kappa shape index (κ1) is 40.5. The molecule has 1 aliphatic rings. The summed E-state index contributed by atoms with van der Waals surface area (Å²) >= 11 is 0. The van der Waals surface area contributed by atoms with Crippen LogP contribution in [0.15, 0.2) is 59.5 Å². The Hall–Kier alpha value is -4.94. The topological polar surface area (TPSA) is 221 Å². The molecule has 0 spiro atoms. The molecule has 51 heavy (non-hydrogen) atoms. The number of rotatable bonds is 13. The zero-order valence-electron chi connectivity index (χ0n) is 29.0. The van der Waals surface area contributed by atoms with Crippen LogP contribution in [0.1, 0.15) is 54.0 Å². The summed E-state index contributed by atoms with van der Waals surface area (Å²) in [7, 11) is -5.29. The molecule has 0 aliphatic carbocycles. The summed E-state index contributed by atoms with van der Waals surface area (Å²) in [6.45, 7) is 7.84. The average molecular weight is 737 g/mol. The number of carbonyl (C=O) groups is 5. The SMILES string of the molecule is CC(=O)OC[C@H]1O[C@H](N([C@@H](Cc2ccccc2)C(=O)OC(C)(C)C)S(=O)(=O)c2ccccc2[N+](=O)[O-])[C@H](OC(C)=O)[C@@H](OC(C)=O)[C@@H]1OC(C)=O. The minimum atomic E-state index is -5.29. The molecule has 0 N–H and O–H groups in total. The lowest BCUT2D eigenvalue weighted by Crippen LogP contribution is -2.69. The normalized spacial score (nSPS) is 21.1.